The Balaban J connectivity index is 2.66. The maximum absolute atomic E-state index is 12.4. The van der Waals surface area contributed by atoms with Crippen molar-refractivity contribution in [2.24, 2.45) is 0 Å². The van der Waals surface area contributed by atoms with Crippen LogP contribution in [0.15, 0.2) is 18.2 Å². The topological polar surface area (TPSA) is 45.1 Å². The summed E-state index contributed by atoms with van der Waals surface area (Å²) in [7, 11) is 0. The summed E-state index contributed by atoms with van der Waals surface area (Å²) in [6, 6.07) is 3.71. The number of pyridine rings is 1. The Morgan fingerprint density at radius 2 is 2.12 bits per heavy atom. The molecule has 1 rings (SSSR count). The van der Waals surface area contributed by atoms with Crippen molar-refractivity contribution in [3.05, 3.63) is 23.9 Å². The minimum atomic E-state index is -4.42. The minimum Gasteiger partial charge on any atom is -0.396 e. The Hall–Kier alpha value is -1.30. The lowest BCUT2D eigenvalue weighted by atomic mass is 10.2. The Labute approximate surface area is 97.7 Å². The van der Waals surface area contributed by atoms with Crippen molar-refractivity contribution in [3.8, 4) is 0 Å². The summed E-state index contributed by atoms with van der Waals surface area (Å²) in [5.74, 6) is 0.199. The SMILES string of the molecule is CC(CCCO)Nc1cccc(C(F)(F)F)n1. The lowest BCUT2D eigenvalue weighted by Crippen LogP contribution is -2.18. The van der Waals surface area contributed by atoms with Crippen molar-refractivity contribution < 1.29 is 18.3 Å². The molecule has 2 N–H and O–H groups in total. The highest BCUT2D eigenvalue weighted by molar-refractivity contribution is 5.36. The lowest BCUT2D eigenvalue weighted by molar-refractivity contribution is -0.141. The number of hydrogen-bond donors (Lipinski definition) is 2. The third-order valence-corrected chi connectivity index (χ3v) is 2.23. The first-order chi connectivity index (χ1) is 7.93. The molecule has 6 heteroatoms. The van der Waals surface area contributed by atoms with Gasteiger partial charge in [0, 0.05) is 12.6 Å². The fraction of sp³-hybridized carbons (Fsp3) is 0.545. The van der Waals surface area contributed by atoms with Crippen molar-refractivity contribution >= 4 is 5.82 Å². The van der Waals surface area contributed by atoms with Gasteiger partial charge < -0.3 is 10.4 Å². The molecular weight excluding hydrogens is 233 g/mol. The zero-order valence-corrected chi connectivity index (χ0v) is 9.46. The Morgan fingerprint density at radius 1 is 1.41 bits per heavy atom. The predicted octanol–water partition coefficient (Wildman–Crippen LogP) is 2.67. The van der Waals surface area contributed by atoms with Crippen molar-refractivity contribution in [2.45, 2.75) is 32.0 Å². The molecule has 1 unspecified atom stereocenters. The van der Waals surface area contributed by atoms with E-state index < -0.39 is 11.9 Å². The zero-order chi connectivity index (χ0) is 12.9. The van der Waals surface area contributed by atoms with Crippen LogP contribution < -0.4 is 5.32 Å². The predicted molar refractivity (Wildman–Crippen MR) is 58.6 cm³/mol. The number of aliphatic hydroxyl groups is 1. The van der Waals surface area contributed by atoms with Gasteiger partial charge in [-0.05, 0) is 31.9 Å². The third kappa shape index (κ3) is 4.60. The van der Waals surface area contributed by atoms with E-state index in [1.165, 1.54) is 12.1 Å². The van der Waals surface area contributed by atoms with E-state index in [0.717, 1.165) is 6.07 Å². The molecule has 3 nitrogen and oxygen atoms in total. The third-order valence-electron chi connectivity index (χ3n) is 2.23. The summed E-state index contributed by atoms with van der Waals surface area (Å²) in [6.45, 7) is 1.90. The molecule has 1 atom stereocenters. The first-order valence-electron chi connectivity index (χ1n) is 5.35. The molecule has 96 valence electrons. The van der Waals surface area contributed by atoms with Gasteiger partial charge in [0.1, 0.15) is 11.5 Å². The standard InChI is InChI=1S/C11H15F3N2O/c1-8(4-3-7-17)15-10-6-2-5-9(16-10)11(12,13)14/h2,5-6,8,17H,3-4,7H2,1H3,(H,15,16). The molecule has 0 saturated carbocycles. The number of anilines is 1. The van der Waals surface area contributed by atoms with Gasteiger partial charge >= 0.3 is 6.18 Å². The molecular formula is C11H15F3N2O. The van der Waals surface area contributed by atoms with Gasteiger partial charge in [-0.1, -0.05) is 6.07 Å². The van der Waals surface area contributed by atoms with Crippen molar-refractivity contribution in [2.75, 3.05) is 11.9 Å². The van der Waals surface area contributed by atoms with Gasteiger partial charge in [-0.15, -0.1) is 0 Å². The number of nitrogens with one attached hydrogen (secondary N) is 1. The second-order valence-corrected chi connectivity index (χ2v) is 3.82. The number of hydrogen-bond acceptors (Lipinski definition) is 3. The molecule has 0 saturated heterocycles. The van der Waals surface area contributed by atoms with Gasteiger partial charge in [0.2, 0.25) is 0 Å². The zero-order valence-electron chi connectivity index (χ0n) is 9.46. The summed E-state index contributed by atoms with van der Waals surface area (Å²) in [6.07, 6.45) is -3.15. The fourth-order valence-corrected chi connectivity index (χ4v) is 1.40. The Kier molecular flexibility index (Phi) is 4.74. The molecule has 0 radical (unpaired) electrons. The van der Waals surface area contributed by atoms with E-state index in [2.05, 4.69) is 10.3 Å². The first-order valence-corrected chi connectivity index (χ1v) is 5.35. The Morgan fingerprint density at radius 3 is 2.71 bits per heavy atom. The van der Waals surface area contributed by atoms with Crippen LogP contribution in [0.2, 0.25) is 0 Å². The molecule has 0 fully saturated rings. The van der Waals surface area contributed by atoms with E-state index in [1.807, 2.05) is 6.92 Å². The summed E-state index contributed by atoms with van der Waals surface area (Å²) in [5, 5.41) is 11.5. The van der Waals surface area contributed by atoms with E-state index in [-0.39, 0.29) is 18.5 Å². The van der Waals surface area contributed by atoms with Crippen molar-refractivity contribution in [3.63, 3.8) is 0 Å². The summed E-state index contributed by atoms with van der Waals surface area (Å²) in [4.78, 5) is 3.49. The fourth-order valence-electron chi connectivity index (χ4n) is 1.40. The summed E-state index contributed by atoms with van der Waals surface area (Å²) >= 11 is 0. The summed E-state index contributed by atoms with van der Waals surface area (Å²) in [5.41, 5.74) is -0.906. The van der Waals surface area contributed by atoms with E-state index in [9.17, 15) is 13.2 Å². The molecule has 0 spiro atoms. The Bertz CT molecular complexity index is 355. The number of halogens is 3. The van der Waals surface area contributed by atoms with Gasteiger partial charge in [-0.2, -0.15) is 13.2 Å². The van der Waals surface area contributed by atoms with E-state index in [1.54, 1.807) is 0 Å². The van der Waals surface area contributed by atoms with Crippen LogP contribution in [0.5, 0.6) is 0 Å². The number of nitrogens with zero attached hydrogens (tertiary/aromatic N) is 1. The number of rotatable bonds is 5. The van der Waals surface area contributed by atoms with Crippen LogP contribution in [0.3, 0.4) is 0 Å². The smallest absolute Gasteiger partial charge is 0.396 e. The maximum atomic E-state index is 12.4. The molecule has 0 bridgehead atoms. The van der Waals surface area contributed by atoms with E-state index in [4.69, 9.17) is 5.11 Å². The molecule has 1 aromatic rings. The average molecular weight is 248 g/mol. The molecule has 1 heterocycles. The quantitative estimate of drug-likeness (QED) is 0.842. The lowest BCUT2D eigenvalue weighted by Gasteiger charge is -2.15. The maximum Gasteiger partial charge on any atom is 0.433 e. The van der Waals surface area contributed by atoms with Gasteiger partial charge in [0.15, 0.2) is 0 Å². The number of alkyl halides is 3. The minimum absolute atomic E-state index is 0.0295. The highest BCUT2D eigenvalue weighted by atomic mass is 19.4. The van der Waals surface area contributed by atoms with Gasteiger partial charge in [0.25, 0.3) is 0 Å². The number of aliphatic hydroxyl groups excluding tert-OH is 1. The largest absolute Gasteiger partial charge is 0.433 e. The van der Waals surface area contributed by atoms with Gasteiger partial charge in [-0.25, -0.2) is 4.98 Å². The van der Waals surface area contributed by atoms with Crippen LogP contribution in [0.4, 0.5) is 19.0 Å². The van der Waals surface area contributed by atoms with Crippen molar-refractivity contribution in [1.82, 2.24) is 4.98 Å². The summed E-state index contributed by atoms with van der Waals surface area (Å²) < 4.78 is 37.2. The number of aromatic nitrogens is 1. The van der Waals surface area contributed by atoms with Crippen LogP contribution in [-0.2, 0) is 6.18 Å². The van der Waals surface area contributed by atoms with Gasteiger partial charge in [0.05, 0.1) is 0 Å². The van der Waals surface area contributed by atoms with Crippen LogP contribution >= 0.6 is 0 Å². The molecule has 0 amide bonds. The molecule has 0 aliphatic carbocycles. The normalized spacial score (nSPS) is 13.5. The molecule has 0 aromatic carbocycles. The van der Waals surface area contributed by atoms with E-state index >= 15 is 0 Å². The second kappa shape index (κ2) is 5.86. The molecule has 1 aromatic heterocycles. The highest BCUT2D eigenvalue weighted by Gasteiger charge is 2.32. The molecule has 17 heavy (non-hydrogen) atoms. The van der Waals surface area contributed by atoms with Crippen LogP contribution in [0.25, 0.3) is 0 Å². The van der Waals surface area contributed by atoms with Crippen molar-refractivity contribution in [1.29, 1.82) is 0 Å². The first kappa shape index (κ1) is 13.8. The van der Waals surface area contributed by atoms with E-state index in [0.29, 0.717) is 12.8 Å². The molecule has 0 aliphatic heterocycles. The average Bonchev–Trinajstić information content (AvgIpc) is 2.25. The highest BCUT2D eigenvalue weighted by Crippen LogP contribution is 2.28. The van der Waals surface area contributed by atoms with Gasteiger partial charge in [-0.3, -0.25) is 0 Å². The monoisotopic (exact) mass is 248 g/mol. The van der Waals surface area contributed by atoms with Crippen LogP contribution in [-0.4, -0.2) is 22.7 Å². The van der Waals surface area contributed by atoms with Crippen LogP contribution in [0.1, 0.15) is 25.5 Å². The second-order valence-electron chi connectivity index (χ2n) is 3.82. The molecule has 0 aliphatic rings. The van der Waals surface area contributed by atoms with Crippen LogP contribution in [0, 0.1) is 0 Å².